The van der Waals surface area contributed by atoms with Crippen LogP contribution in [0.5, 0.6) is 0 Å². The first kappa shape index (κ1) is 20.9. The monoisotopic (exact) mass is 433 g/mol. The Balaban J connectivity index is 1.60. The third-order valence-corrected chi connectivity index (χ3v) is 6.67. The van der Waals surface area contributed by atoms with Crippen molar-refractivity contribution < 1.29 is 8.42 Å². The van der Waals surface area contributed by atoms with Gasteiger partial charge < -0.3 is 0 Å². The highest BCUT2D eigenvalue weighted by molar-refractivity contribution is 7.89. The lowest BCUT2D eigenvalue weighted by molar-refractivity contribution is 0.580. The van der Waals surface area contributed by atoms with Crippen LogP contribution >= 0.6 is 0 Å². The molecule has 158 valence electrons. The summed E-state index contributed by atoms with van der Waals surface area (Å²) in [5, 5.41) is 12.9. The van der Waals surface area contributed by atoms with Crippen molar-refractivity contribution in [3.05, 3.63) is 89.2 Å². The van der Waals surface area contributed by atoms with Gasteiger partial charge in [-0.25, -0.2) is 17.8 Å². The molecule has 0 atom stereocenters. The smallest absolute Gasteiger partial charge is 0.216 e. The van der Waals surface area contributed by atoms with Crippen molar-refractivity contribution in [1.82, 2.24) is 24.7 Å². The van der Waals surface area contributed by atoms with Crippen LogP contribution in [-0.4, -0.2) is 28.4 Å². The molecule has 1 N–H and O–H groups in total. The number of sulfonamides is 1. The van der Waals surface area contributed by atoms with E-state index in [4.69, 9.17) is 0 Å². The first-order valence-corrected chi connectivity index (χ1v) is 11.3. The Bertz CT molecular complexity index is 1300. The van der Waals surface area contributed by atoms with Crippen molar-refractivity contribution in [2.45, 2.75) is 32.2 Å². The van der Waals surface area contributed by atoms with E-state index in [0.717, 1.165) is 22.4 Å². The molecule has 2 aromatic carbocycles. The molecule has 4 aromatic rings. The fraction of sp³-hybridized carbons (Fsp3) is 0.174. The summed E-state index contributed by atoms with van der Waals surface area (Å²) in [7, 11) is -3.75. The van der Waals surface area contributed by atoms with Gasteiger partial charge in [0.1, 0.15) is 4.90 Å². The van der Waals surface area contributed by atoms with Gasteiger partial charge in [0.2, 0.25) is 10.0 Å². The Morgan fingerprint density at radius 1 is 0.871 bits per heavy atom. The normalized spacial score (nSPS) is 11.6. The first-order chi connectivity index (χ1) is 14.8. The lowest BCUT2D eigenvalue weighted by Gasteiger charge is -2.08. The summed E-state index contributed by atoms with van der Waals surface area (Å²) in [5.74, 6) is 0.459. The van der Waals surface area contributed by atoms with E-state index >= 15 is 0 Å². The molecule has 0 aliphatic carbocycles. The Hall–Kier alpha value is -3.36. The van der Waals surface area contributed by atoms with E-state index in [0.29, 0.717) is 17.2 Å². The van der Waals surface area contributed by atoms with Gasteiger partial charge in [0.25, 0.3) is 0 Å². The van der Waals surface area contributed by atoms with Crippen molar-refractivity contribution in [2.24, 2.45) is 0 Å². The van der Waals surface area contributed by atoms with E-state index in [2.05, 4.69) is 20.0 Å². The van der Waals surface area contributed by atoms with Crippen molar-refractivity contribution in [3.63, 3.8) is 0 Å². The zero-order valence-corrected chi connectivity index (χ0v) is 18.4. The van der Waals surface area contributed by atoms with Crippen LogP contribution in [0.3, 0.4) is 0 Å². The minimum absolute atomic E-state index is 0.161. The number of aryl methyl sites for hydroxylation is 2. The van der Waals surface area contributed by atoms with Gasteiger partial charge in [-0.05, 0) is 38.5 Å². The Morgan fingerprint density at radius 3 is 2.23 bits per heavy atom. The van der Waals surface area contributed by atoms with Crippen LogP contribution in [0.4, 0.5) is 0 Å². The van der Waals surface area contributed by atoms with E-state index in [1.54, 1.807) is 19.9 Å². The molecule has 2 heterocycles. The fourth-order valence-electron chi connectivity index (χ4n) is 3.40. The minimum atomic E-state index is -3.75. The summed E-state index contributed by atoms with van der Waals surface area (Å²) in [5.41, 5.74) is 4.59. The van der Waals surface area contributed by atoms with Crippen LogP contribution in [0.25, 0.3) is 17.1 Å². The standard InChI is InChI=1S/C23H23N5O2S/c1-16-9-11-19(12-10-16)15-24-31(29,30)23-17(2)27-28(18(23)3)22-14-13-21(25-26-22)20-7-5-4-6-8-20/h4-14,24H,15H2,1-3H3. The molecule has 0 saturated heterocycles. The van der Waals surface area contributed by atoms with Crippen LogP contribution in [-0.2, 0) is 16.6 Å². The predicted molar refractivity (Wildman–Crippen MR) is 119 cm³/mol. The van der Waals surface area contributed by atoms with Crippen LogP contribution in [0, 0.1) is 20.8 Å². The SMILES string of the molecule is Cc1ccc(CNS(=O)(=O)c2c(C)nn(-c3ccc(-c4ccccc4)nn3)c2C)cc1. The van der Waals surface area contributed by atoms with Crippen LogP contribution < -0.4 is 4.72 Å². The van der Waals surface area contributed by atoms with Gasteiger partial charge in [0.05, 0.1) is 17.1 Å². The Kier molecular flexibility index (Phi) is 5.67. The summed E-state index contributed by atoms with van der Waals surface area (Å²) >= 11 is 0. The average molecular weight is 434 g/mol. The van der Waals surface area contributed by atoms with Crippen molar-refractivity contribution in [1.29, 1.82) is 0 Å². The van der Waals surface area contributed by atoms with Crippen molar-refractivity contribution in [2.75, 3.05) is 0 Å². The Morgan fingerprint density at radius 2 is 1.58 bits per heavy atom. The number of aromatic nitrogens is 4. The number of rotatable bonds is 6. The molecule has 0 fully saturated rings. The molecule has 0 unspecified atom stereocenters. The van der Waals surface area contributed by atoms with E-state index in [1.165, 1.54) is 4.68 Å². The number of benzene rings is 2. The third kappa shape index (κ3) is 4.40. The molecule has 0 bridgehead atoms. The van der Waals surface area contributed by atoms with E-state index in [9.17, 15) is 8.42 Å². The molecular formula is C23H23N5O2S. The second kappa shape index (κ2) is 8.41. The highest BCUT2D eigenvalue weighted by Gasteiger charge is 2.25. The largest absolute Gasteiger partial charge is 0.244 e. The van der Waals surface area contributed by atoms with Crippen LogP contribution in [0.2, 0.25) is 0 Å². The van der Waals surface area contributed by atoms with Gasteiger partial charge in [-0.1, -0.05) is 60.2 Å². The van der Waals surface area contributed by atoms with E-state index < -0.39 is 10.0 Å². The predicted octanol–water partition coefficient (Wildman–Crippen LogP) is 3.73. The molecule has 0 spiro atoms. The zero-order chi connectivity index (χ0) is 22.0. The second-order valence-electron chi connectivity index (χ2n) is 7.36. The van der Waals surface area contributed by atoms with Gasteiger partial charge in [-0.3, -0.25) is 0 Å². The van der Waals surface area contributed by atoms with Gasteiger partial charge in [-0.15, -0.1) is 10.2 Å². The molecule has 31 heavy (non-hydrogen) atoms. The fourth-order valence-corrected chi connectivity index (χ4v) is 4.80. The molecule has 0 amide bonds. The summed E-state index contributed by atoms with van der Waals surface area (Å²) in [6, 6.07) is 21.1. The topological polar surface area (TPSA) is 89.8 Å². The van der Waals surface area contributed by atoms with Gasteiger partial charge in [0, 0.05) is 12.1 Å². The minimum Gasteiger partial charge on any atom is -0.216 e. The number of hydrogen-bond acceptors (Lipinski definition) is 5. The number of nitrogens with one attached hydrogen (secondary N) is 1. The Labute approximate surface area is 181 Å². The van der Waals surface area contributed by atoms with E-state index in [-0.39, 0.29) is 11.4 Å². The molecule has 0 saturated carbocycles. The van der Waals surface area contributed by atoms with Crippen LogP contribution in [0.15, 0.2) is 71.6 Å². The average Bonchev–Trinajstić information content (AvgIpc) is 3.09. The number of hydrogen-bond donors (Lipinski definition) is 1. The van der Waals surface area contributed by atoms with Gasteiger partial charge >= 0.3 is 0 Å². The van der Waals surface area contributed by atoms with Crippen LogP contribution in [0.1, 0.15) is 22.5 Å². The first-order valence-electron chi connectivity index (χ1n) is 9.86. The van der Waals surface area contributed by atoms with Gasteiger partial charge in [0.15, 0.2) is 5.82 Å². The zero-order valence-electron chi connectivity index (χ0n) is 17.6. The summed E-state index contributed by atoms with van der Waals surface area (Å²) in [4.78, 5) is 0.161. The number of nitrogens with zero attached hydrogens (tertiary/aromatic N) is 4. The highest BCUT2D eigenvalue weighted by Crippen LogP contribution is 2.23. The maximum atomic E-state index is 13.0. The quantitative estimate of drug-likeness (QED) is 0.500. The molecule has 2 aromatic heterocycles. The summed E-state index contributed by atoms with van der Waals surface area (Å²) < 4.78 is 30.2. The summed E-state index contributed by atoms with van der Waals surface area (Å²) in [6.45, 7) is 5.59. The lowest BCUT2D eigenvalue weighted by atomic mass is 10.1. The van der Waals surface area contributed by atoms with Crippen molar-refractivity contribution in [3.8, 4) is 17.1 Å². The molecule has 4 rings (SSSR count). The maximum absolute atomic E-state index is 13.0. The van der Waals surface area contributed by atoms with Crippen molar-refractivity contribution >= 4 is 10.0 Å². The maximum Gasteiger partial charge on any atom is 0.244 e. The van der Waals surface area contributed by atoms with Gasteiger partial charge in [-0.2, -0.15) is 5.10 Å². The highest BCUT2D eigenvalue weighted by atomic mass is 32.2. The second-order valence-corrected chi connectivity index (χ2v) is 9.07. The molecule has 0 radical (unpaired) electrons. The third-order valence-electron chi connectivity index (χ3n) is 5.02. The summed E-state index contributed by atoms with van der Waals surface area (Å²) in [6.07, 6.45) is 0. The molecule has 8 heteroatoms. The lowest BCUT2D eigenvalue weighted by Crippen LogP contribution is -2.24. The van der Waals surface area contributed by atoms with E-state index in [1.807, 2.05) is 67.6 Å². The molecular weight excluding hydrogens is 410 g/mol. The molecule has 0 aliphatic heterocycles. The molecule has 7 nitrogen and oxygen atoms in total. The molecule has 0 aliphatic rings.